The molecule has 0 radical (unpaired) electrons. The number of anilines is 1. The van der Waals surface area contributed by atoms with Gasteiger partial charge in [-0.05, 0) is 56.4 Å². The molecule has 2 rings (SSSR count). The maximum atomic E-state index is 13.6. The van der Waals surface area contributed by atoms with Gasteiger partial charge in [0.05, 0.1) is 11.9 Å². The van der Waals surface area contributed by atoms with Crippen LogP contribution in [0.15, 0.2) is 42.5 Å². The topological polar surface area (TPSA) is 86.8 Å². The lowest BCUT2D eigenvalue weighted by Gasteiger charge is -2.32. The minimum Gasteiger partial charge on any atom is -0.354 e. The highest BCUT2D eigenvalue weighted by Crippen LogP contribution is 2.27. The van der Waals surface area contributed by atoms with Crippen LogP contribution in [0.1, 0.15) is 48.9 Å². The van der Waals surface area contributed by atoms with E-state index in [-0.39, 0.29) is 19.0 Å². The molecule has 0 heterocycles. The predicted octanol–water partition coefficient (Wildman–Crippen LogP) is 3.71. The fraction of sp³-hybridized carbons (Fsp3) is 0.462. The molecule has 0 saturated heterocycles. The molecule has 1 N–H and O–H groups in total. The van der Waals surface area contributed by atoms with Crippen LogP contribution in [0.4, 0.5) is 5.69 Å². The summed E-state index contributed by atoms with van der Waals surface area (Å²) in [7, 11) is -3.75. The normalized spacial score (nSPS) is 12.2. The lowest BCUT2D eigenvalue weighted by atomic mass is 10.1. The molecule has 1 unspecified atom stereocenters. The second-order valence-corrected chi connectivity index (χ2v) is 10.7. The van der Waals surface area contributed by atoms with E-state index in [9.17, 15) is 18.0 Å². The Bertz CT molecular complexity index is 1090. The average molecular weight is 488 g/mol. The van der Waals surface area contributed by atoms with E-state index >= 15 is 0 Å². The second-order valence-electron chi connectivity index (χ2n) is 8.78. The summed E-state index contributed by atoms with van der Waals surface area (Å²) < 4.78 is 26.7. The SMILES string of the molecule is CCCCNC(=O)C(C)N(Cc1ccccc1C)C(=O)CN(c1c(C)cccc1C)S(C)(=O)=O. The van der Waals surface area contributed by atoms with Crippen LogP contribution in [-0.2, 0) is 26.2 Å². The van der Waals surface area contributed by atoms with Crippen LogP contribution in [0.5, 0.6) is 0 Å². The number of sulfonamides is 1. The van der Waals surface area contributed by atoms with E-state index in [4.69, 9.17) is 0 Å². The van der Waals surface area contributed by atoms with E-state index in [1.165, 1.54) is 4.90 Å². The summed E-state index contributed by atoms with van der Waals surface area (Å²) in [6.45, 7) is 9.66. The van der Waals surface area contributed by atoms with Gasteiger partial charge >= 0.3 is 0 Å². The quantitative estimate of drug-likeness (QED) is 0.490. The minimum absolute atomic E-state index is 0.207. The Morgan fingerprint density at radius 1 is 0.971 bits per heavy atom. The summed E-state index contributed by atoms with van der Waals surface area (Å²) in [6, 6.07) is 12.4. The van der Waals surface area contributed by atoms with Crippen molar-refractivity contribution >= 4 is 27.5 Å². The zero-order chi connectivity index (χ0) is 25.5. The van der Waals surface area contributed by atoms with Gasteiger partial charge in [-0.15, -0.1) is 0 Å². The minimum atomic E-state index is -3.75. The average Bonchev–Trinajstić information content (AvgIpc) is 2.76. The Labute approximate surface area is 204 Å². The van der Waals surface area contributed by atoms with Crippen LogP contribution in [0.25, 0.3) is 0 Å². The van der Waals surface area contributed by atoms with E-state index in [1.54, 1.807) is 6.92 Å². The number of nitrogens with one attached hydrogen (secondary N) is 1. The Hall–Kier alpha value is -2.87. The lowest BCUT2D eigenvalue weighted by Crippen LogP contribution is -2.51. The summed E-state index contributed by atoms with van der Waals surface area (Å²) in [5.74, 6) is -0.692. The summed E-state index contributed by atoms with van der Waals surface area (Å²) in [5.41, 5.74) is 3.91. The van der Waals surface area contributed by atoms with Gasteiger partial charge in [0.15, 0.2) is 0 Å². The standard InChI is InChI=1S/C26H37N3O4S/c1-7-8-16-27-26(31)22(5)28(17-23-15-10-9-12-19(23)2)24(30)18-29(34(6,32)33)25-20(3)13-11-14-21(25)4/h9-15,22H,7-8,16-18H2,1-6H3,(H,27,31). The molecule has 0 bridgehead atoms. The molecular weight excluding hydrogens is 450 g/mol. The third-order valence-electron chi connectivity index (χ3n) is 5.97. The van der Waals surface area contributed by atoms with Crippen LogP contribution < -0.4 is 9.62 Å². The number of benzene rings is 2. The molecule has 34 heavy (non-hydrogen) atoms. The number of carbonyl (C=O) groups is 2. The first-order chi connectivity index (χ1) is 16.0. The van der Waals surface area contributed by atoms with Crippen molar-refractivity contribution in [1.29, 1.82) is 0 Å². The largest absolute Gasteiger partial charge is 0.354 e. The van der Waals surface area contributed by atoms with E-state index in [2.05, 4.69) is 5.32 Å². The highest BCUT2D eigenvalue weighted by molar-refractivity contribution is 7.92. The maximum Gasteiger partial charge on any atom is 0.244 e. The second kappa shape index (κ2) is 12.0. The first kappa shape index (κ1) is 27.4. The number of amides is 2. The van der Waals surface area contributed by atoms with Gasteiger partial charge in [-0.2, -0.15) is 0 Å². The Balaban J connectivity index is 2.42. The number of rotatable bonds is 11. The van der Waals surface area contributed by atoms with Gasteiger partial charge in [0.2, 0.25) is 21.8 Å². The predicted molar refractivity (Wildman–Crippen MR) is 137 cm³/mol. The first-order valence-electron chi connectivity index (χ1n) is 11.6. The van der Waals surface area contributed by atoms with Crippen molar-refractivity contribution in [2.75, 3.05) is 23.7 Å². The van der Waals surface area contributed by atoms with Gasteiger partial charge in [-0.3, -0.25) is 13.9 Å². The molecule has 8 heteroatoms. The van der Waals surface area contributed by atoms with Crippen molar-refractivity contribution in [2.24, 2.45) is 0 Å². The van der Waals surface area contributed by atoms with E-state index in [0.717, 1.165) is 45.7 Å². The molecule has 2 aromatic carbocycles. The Kier molecular flexibility index (Phi) is 9.67. The molecule has 0 aliphatic rings. The summed E-state index contributed by atoms with van der Waals surface area (Å²) in [4.78, 5) is 28.0. The van der Waals surface area contributed by atoms with E-state index in [0.29, 0.717) is 12.2 Å². The fourth-order valence-electron chi connectivity index (χ4n) is 3.86. The number of unbranched alkanes of at least 4 members (excludes halogenated alkanes) is 1. The third kappa shape index (κ3) is 7.06. The van der Waals surface area contributed by atoms with Gasteiger partial charge < -0.3 is 10.2 Å². The highest BCUT2D eigenvalue weighted by Gasteiger charge is 2.31. The number of carbonyl (C=O) groups excluding carboxylic acids is 2. The number of nitrogens with zero attached hydrogens (tertiary/aromatic N) is 2. The number of hydrogen-bond donors (Lipinski definition) is 1. The van der Waals surface area contributed by atoms with Crippen molar-refractivity contribution in [3.63, 3.8) is 0 Å². The summed E-state index contributed by atoms with van der Waals surface area (Å²) >= 11 is 0. The zero-order valence-electron chi connectivity index (χ0n) is 21.1. The van der Waals surface area contributed by atoms with Crippen molar-refractivity contribution < 1.29 is 18.0 Å². The molecule has 0 spiro atoms. The van der Waals surface area contributed by atoms with Crippen molar-refractivity contribution in [2.45, 2.75) is 60.0 Å². The Morgan fingerprint density at radius 3 is 2.12 bits per heavy atom. The molecule has 0 fully saturated rings. The molecule has 0 saturated carbocycles. The molecule has 0 aliphatic carbocycles. The van der Waals surface area contributed by atoms with Crippen LogP contribution in [0, 0.1) is 20.8 Å². The van der Waals surface area contributed by atoms with Gasteiger partial charge in [0.25, 0.3) is 0 Å². The van der Waals surface area contributed by atoms with Crippen LogP contribution >= 0.6 is 0 Å². The first-order valence-corrected chi connectivity index (χ1v) is 13.5. The summed E-state index contributed by atoms with van der Waals surface area (Å²) in [5, 5.41) is 2.89. The number of para-hydroxylation sites is 1. The molecule has 1 atom stereocenters. The monoisotopic (exact) mass is 487 g/mol. The molecule has 2 aromatic rings. The molecule has 186 valence electrons. The number of aryl methyl sites for hydroxylation is 3. The third-order valence-corrected chi connectivity index (χ3v) is 7.08. The molecule has 0 aromatic heterocycles. The summed E-state index contributed by atoms with van der Waals surface area (Å²) in [6.07, 6.45) is 2.89. The molecular formula is C26H37N3O4S. The van der Waals surface area contributed by atoms with Crippen molar-refractivity contribution in [3.05, 3.63) is 64.7 Å². The van der Waals surface area contributed by atoms with Gasteiger partial charge in [0.1, 0.15) is 12.6 Å². The molecule has 2 amide bonds. The van der Waals surface area contributed by atoms with Crippen LogP contribution in [0.2, 0.25) is 0 Å². The van der Waals surface area contributed by atoms with E-state index < -0.39 is 22.0 Å². The fourth-order valence-corrected chi connectivity index (χ4v) is 4.83. The van der Waals surface area contributed by atoms with Gasteiger partial charge in [0, 0.05) is 13.1 Å². The molecule has 7 nitrogen and oxygen atoms in total. The van der Waals surface area contributed by atoms with Crippen LogP contribution in [-0.4, -0.2) is 50.5 Å². The Morgan fingerprint density at radius 2 is 1.56 bits per heavy atom. The maximum absolute atomic E-state index is 13.6. The smallest absolute Gasteiger partial charge is 0.244 e. The molecule has 0 aliphatic heterocycles. The van der Waals surface area contributed by atoms with Crippen molar-refractivity contribution in [3.8, 4) is 0 Å². The lowest BCUT2D eigenvalue weighted by molar-refractivity contribution is -0.139. The van der Waals surface area contributed by atoms with Gasteiger partial charge in [-0.1, -0.05) is 55.8 Å². The van der Waals surface area contributed by atoms with E-state index in [1.807, 2.05) is 70.2 Å². The number of hydrogen-bond acceptors (Lipinski definition) is 4. The van der Waals surface area contributed by atoms with Crippen molar-refractivity contribution in [1.82, 2.24) is 10.2 Å². The highest BCUT2D eigenvalue weighted by atomic mass is 32.2. The van der Waals surface area contributed by atoms with Crippen LogP contribution in [0.3, 0.4) is 0 Å². The zero-order valence-corrected chi connectivity index (χ0v) is 21.9. The van der Waals surface area contributed by atoms with Gasteiger partial charge in [-0.25, -0.2) is 8.42 Å².